The maximum Gasteiger partial charge on any atom is 0.338 e. The van der Waals surface area contributed by atoms with Gasteiger partial charge in [-0.2, -0.15) is 0 Å². The molecule has 0 unspecified atom stereocenters. The first-order valence-electron chi connectivity index (χ1n) is 7.45. The highest BCUT2D eigenvalue weighted by Gasteiger charge is 2.12. The molecule has 0 bridgehead atoms. The quantitative estimate of drug-likeness (QED) is 0.672. The largest absolute Gasteiger partial charge is 0.452 e. The zero-order valence-corrected chi connectivity index (χ0v) is 16.5. The van der Waals surface area contributed by atoms with Gasteiger partial charge in [0, 0.05) is 15.8 Å². The van der Waals surface area contributed by atoms with Crippen molar-refractivity contribution in [2.75, 3.05) is 22.9 Å². The predicted octanol–water partition coefficient (Wildman–Crippen LogP) is 2.92. The number of amides is 1. The fourth-order valence-electron chi connectivity index (χ4n) is 2.09. The molecule has 2 aromatic carbocycles. The van der Waals surface area contributed by atoms with Gasteiger partial charge in [0.1, 0.15) is 0 Å². The highest BCUT2D eigenvalue weighted by Crippen LogP contribution is 2.20. The molecule has 2 rings (SSSR count). The summed E-state index contributed by atoms with van der Waals surface area (Å²) in [5.74, 6) is -1.21. The van der Waals surface area contributed by atoms with Crippen molar-refractivity contribution in [3.63, 3.8) is 0 Å². The van der Waals surface area contributed by atoms with Gasteiger partial charge in [-0.1, -0.05) is 22.0 Å². The second-order valence-electron chi connectivity index (χ2n) is 5.54. The number of carbonyl (C=O) groups excluding carboxylic acids is 2. The van der Waals surface area contributed by atoms with E-state index in [-0.39, 0.29) is 11.3 Å². The van der Waals surface area contributed by atoms with Crippen molar-refractivity contribution in [3.05, 3.63) is 58.1 Å². The third-order valence-electron chi connectivity index (χ3n) is 3.20. The SMILES string of the molecule is Cc1cc(Br)ccc1NC(=O)COC(=O)c1cccc(NS(C)(=O)=O)c1. The smallest absolute Gasteiger partial charge is 0.338 e. The van der Waals surface area contributed by atoms with Crippen LogP contribution in [0, 0.1) is 6.92 Å². The first-order valence-corrected chi connectivity index (χ1v) is 10.1. The summed E-state index contributed by atoms with van der Waals surface area (Å²) >= 11 is 3.34. The van der Waals surface area contributed by atoms with Crippen molar-refractivity contribution in [1.29, 1.82) is 0 Å². The molecule has 0 saturated carbocycles. The number of esters is 1. The van der Waals surface area contributed by atoms with Gasteiger partial charge in [0.05, 0.1) is 11.8 Å². The lowest BCUT2D eigenvalue weighted by molar-refractivity contribution is -0.119. The summed E-state index contributed by atoms with van der Waals surface area (Å²) in [7, 11) is -3.46. The molecule has 9 heteroatoms. The minimum atomic E-state index is -3.46. The molecule has 0 aromatic heterocycles. The number of rotatable bonds is 6. The minimum Gasteiger partial charge on any atom is -0.452 e. The molecule has 7 nitrogen and oxygen atoms in total. The van der Waals surface area contributed by atoms with Gasteiger partial charge in [-0.25, -0.2) is 13.2 Å². The van der Waals surface area contributed by atoms with Gasteiger partial charge < -0.3 is 10.1 Å². The molecule has 0 aliphatic carbocycles. The molecule has 0 heterocycles. The Balaban J connectivity index is 1.95. The van der Waals surface area contributed by atoms with Crippen LogP contribution in [0.3, 0.4) is 0 Å². The van der Waals surface area contributed by atoms with Gasteiger partial charge in [-0.15, -0.1) is 0 Å². The lowest BCUT2D eigenvalue weighted by Gasteiger charge is -2.10. The monoisotopic (exact) mass is 440 g/mol. The van der Waals surface area contributed by atoms with Crippen LogP contribution in [-0.4, -0.2) is 33.2 Å². The molecular formula is C17H17BrN2O5S. The Morgan fingerprint density at radius 3 is 2.54 bits per heavy atom. The zero-order valence-electron chi connectivity index (χ0n) is 14.1. The number of halogens is 1. The standard InChI is InChI=1S/C17H17BrN2O5S/c1-11-8-13(18)6-7-15(11)19-16(21)10-25-17(22)12-4-3-5-14(9-12)20-26(2,23)24/h3-9,20H,10H2,1-2H3,(H,19,21). The van der Waals surface area contributed by atoms with E-state index in [4.69, 9.17) is 4.74 Å². The minimum absolute atomic E-state index is 0.131. The van der Waals surface area contributed by atoms with E-state index >= 15 is 0 Å². The highest BCUT2D eigenvalue weighted by atomic mass is 79.9. The van der Waals surface area contributed by atoms with Crippen LogP contribution in [0.1, 0.15) is 15.9 Å². The molecule has 2 N–H and O–H groups in total. The van der Waals surface area contributed by atoms with Crippen molar-refractivity contribution < 1.29 is 22.7 Å². The molecule has 0 saturated heterocycles. The third-order valence-corrected chi connectivity index (χ3v) is 4.30. The molecule has 1 amide bonds. The van der Waals surface area contributed by atoms with Crippen LogP contribution in [0.5, 0.6) is 0 Å². The molecule has 0 aliphatic heterocycles. The second-order valence-corrected chi connectivity index (χ2v) is 8.20. The first kappa shape index (κ1) is 19.9. The number of sulfonamides is 1. The van der Waals surface area contributed by atoms with Gasteiger partial charge >= 0.3 is 5.97 Å². The molecular weight excluding hydrogens is 424 g/mol. The summed E-state index contributed by atoms with van der Waals surface area (Å²) < 4.78 is 30.6. The molecule has 0 atom stereocenters. The highest BCUT2D eigenvalue weighted by molar-refractivity contribution is 9.10. The van der Waals surface area contributed by atoms with Crippen molar-refractivity contribution in [2.24, 2.45) is 0 Å². The average Bonchev–Trinajstić information content (AvgIpc) is 2.54. The molecule has 0 radical (unpaired) electrons. The molecule has 26 heavy (non-hydrogen) atoms. The Bertz CT molecular complexity index is 944. The van der Waals surface area contributed by atoms with Crippen LogP contribution in [0.15, 0.2) is 46.9 Å². The van der Waals surface area contributed by atoms with Crippen LogP contribution in [0.4, 0.5) is 11.4 Å². The first-order chi connectivity index (χ1) is 12.1. The Hall–Kier alpha value is -2.39. The number of nitrogens with one attached hydrogen (secondary N) is 2. The van der Waals surface area contributed by atoms with Gasteiger partial charge in [0.25, 0.3) is 5.91 Å². The van der Waals surface area contributed by atoms with E-state index in [9.17, 15) is 18.0 Å². The normalized spacial score (nSPS) is 10.9. The van der Waals surface area contributed by atoms with Crippen LogP contribution < -0.4 is 10.0 Å². The Kier molecular flexibility index (Phi) is 6.38. The maximum absolute atomic E-state index is 12.0. The Morgan fingerprint density at radius 1 is 1.15 bits per heavy atom. The summed E-state index contributed by atoms with van der Waals surface area (Å²) in [4.78, 5) is 24.0. The van der Waals surface area contributed by atoms with Gasteiger partial charge in [0.15, 0.2) is 6.61 Å². The Morgan fingerprint density at radius 2 is 1.88 bits per heavy atom. The van der Waals surface area contributed by atoms with E-state index in [1.165, 1.54) is 24.3 Å². The summed E-state index contributed by atoms with van der Waals surface area (Å²) in [6.45, 7) is 1.38. The summed E-state index contributed by atoms with van der Waals surface area (Å²) in [5, 5.41) is 2.66. The number of benzene rings is 2. The van der Waals surface area contributed by atoms with Crippen LogP contribution in [0.25, 0.3) is 0 Å². The molecule has 2 aromatic rings. The Labute approximate surface area is 159 Å². The van der Waals surface area contributed by atoms with Crippen molar-refractivity contribution in [1.82, 2.24) is 0 Å². The fourth-order valence-corrected chi connectivity index (χ4v) is 3.12. The van der Waals surface area contributed by atoms with Crippen molar-refractivity contribution in [3.8, 4) is 0 Å². The van der Waals surface area contributed by atoms with E-state index in [0.717, 1.165) is 16.3 Å². The number of hydrogen-bond donors (Lipinski definition) is 2. The lowest BCUT2D eigenvalue weighted by atomic mass is 10.2. The maximum atomic E-state index is 12.0. The van der Waals surface area contributed by atoms with Crippen LogP contribution in [0.2, 0.25) is 0 Å². The molecule has 0 spiro atoms. The third kappa shape index (κ3) is 6.16. The van der Waals surface area contributed by atoms with Crippen LogP contribution >= 0.6 is 15.9 Å². The molecule has 138 valence electrons. The second kappa shape index (κ2) is 8.33. The van der Waals surface area contributed by atoms with Gasteiger partial charge in [-0.05, 0) is 48.9 Å². The topological polar surface area (TPSA) is 102 Å². The number of carbonyl (C=O) groups is 2. The summed E-state index contributed by atoms with van der Waals surface area (Å²) in [5.41, 5.74) is 1.84. The predicted molar refractivity (Wildman–Crippen MR) is 103 cm³/mol. The van der Waals surface area contributed by atoms with E-state index in [2.05, 4.69) is 26.0 Å². The van der Waals surface area contributed by atoms with E-state index in [1.54, 1.807) is 12.1 Å². The number of hydrogen-bond acceptors (Lipinski definition) is 5. The summed E-state index contributed by atoms with van der Waals surface area (Å²) in [6, 6.07) is 11.2. The number of anilines is 2. The van der Waals surface area contributed by atoms with Crippen molar-refractivity contribution >= 4 is 49.2 Å². The van der Waals surface area contributed by atoms with Gasteiger partial charge in [0.2, 0.25) is 10.0 Å². The van der Waals surface area contributed by atoms with E-state index in [0.29, 0.717) is 5.69 Å². The van der Waals surface area contributed by atoms with Crippen molar-refractivity contribution in [2.45, 2.75) is 6.92 Å². The van der Waals surface area contributed by atoms with Gasteiger partial charge in [-0.3, -0.25) is 9.52 Å². The number of ether oxygens (including phenoxy) is 1. The van der Waals surface area contributed by atoms with E-state index in [1.807, 2.05) is 13.0 Å². The molecule has 0 aliphatic rings. The zero-order chi connectivity index (χ0) is 19.3. The molecule has 0 fully saturated rings. The average molecular weight is 441 g/mol. The summed E-state index contributed by atoms with van der Waals surface area (Å²) in [6.07, 6.45) is 1.01. The van der Waals surface area contributed by atoms with E-state index < -0.39 is 28.5 Å². The van der Waals surface area contributed by atoms with Crippen LogP contribution in [-0.2, 0) is 19.6 Å². The number of aryl methyl sites for hydroxylation is 1. The lowest BCUT2D eigenvalue weighted by Crippen LogP contribution is -2.21. The fraction of sp³-hybridized carbons (Fsp3) is 0.176.